The largest absolute Gasteiger partial charge is 0.328 e. The molecule has 1 aliphatic heterocycles. The zero-order chi connectivity index (χ0) is 7.11. The van der Waals surface area contributed by atoms with E-state index in [2.05, 4.69) is 15.4 Å². The minimum Gasteiger partial charge on any atom is -0.328 e. The highest BCUT2D eigenvalue weighted by atomic mass is 16.9. The molecule has 1 aliphatic rings. The van der Waals surface area contributed by atoms with Crippen molar-refractivity contribution < 1.29 is 10.3 Å². The Morgan fingerprint density at radius 3 is 2.44 bits per heavy atom. The van der Waals surface area contributed by atoms with Crippen molar-refractivity contribution in [1.82, 2.24) is 0 Å². The Labute approximate surface area is 49.8 Å². The third kappa shape index (κ3) is 10.7. The first kappa shape index (κ1) is 7.47. The van der Waals surface area contributed by atoms with Gasteiger partial charge < -0.3 is 5.21 Å². The number of hydrogen-bond donors (Lipinski definition) is 1. The van der Waals surface area contributed by atoms with E-state index in [0.717, 1.165) is 0 Å². The molecule has 50 valence electrons. The first-order valence-corrected chi connectivity index (χ1v) is 1.95. The zero-order valence-corrected chi connectivity index (χ0v) is 4.34. The van der Waals surface area contributed by atoms with Gasteiger partial charge in [-0.05, 0) is 5.22 Å². The Morgan fingerprint density at radius 1 is 1.78 bits per heavy atom. The summed E-state index contributed by atoms with van der Waals surface area (Å²) in [4.78, 5) is 8.36. The molecule has 0 unspecified atom stereocenters. The Morgan fingerprint density at radius 2 is 2.33 bits per heavy atom. The van der Waals surface area contributed by atoms with Crippen molar-refractivity contribution >= 4 is 6.21 Å². The molecule has 0 aromatic heterocycles. The van der Waals surface area contributed by atoms with Gasteiger partial charge in [0.1, 0.15) is 0 Å². The minimum absolute atomic E-state index is 0.667. The Kier molecular flexibility index (Phi) is 3.84. The summed E-state index contributed by atoms with van der Waals surface area (Å²) in [6, 6.07) is 0. The van der Waals surface area contributed by atoms with E-state index in [-0.39, 0.29) is 0 Å². The molecule has 0 aromatic rings. The van der Waals surface area contributed by atoms with E-state index in [1.807, 2.05) is 0 Å². The molecule has 1 heterocycles. The lowest BCUT2D eigenvalue weighted by Gasteiger charge is -1.56. The molecule has 1 rings (SSSR count). The molecule has 0 saturated carbocycles. The maximum Gasteiger partial charge on any atom is 0.291 e. The predicted molar refractivity (Wildman–Crippen MR) is 27.0 cm³/mol. The van der Waals surface area contributed by atoms with Crippen molar-refractivity contribution in [2.45, 2.75) is 0 Å². The third-order valence-corrected chi connectivity index (χ3v) is 0.360. The summed E-state index contributed by atoms with van der Waals surface area (Å²) in [6.07, 6.45) is 1.65. The molecule has 0 aromatic carbocycles. The smallest absolute Gasteiger partial charge is 0.291 e. The first-order valence-electron chi connectivity index (χ1n) is 1.95. The molecule has 1 N–H and O–H groups in total. The molecule has 0 saturated heterocycles. The van der Waals surface area contributed by atoms with E-state index < -0.39 is 5.09 Å². The van der Waals surface area contributed by atoms with Gasteiger partial charge in [0, 0.05) is 0 Å². The van der Waals surface area contributed by atoms with Gasteiger partial charge in [0.05, 0.1) is 12.8 Å². The molecule has 9 heavy (non-hydrogen) atoms. The van der Waals surface area contributed by atoms with Crippen LogP contribution in [0.1, 0.15) is 0 Å². The van der Waals surface area contributed by atoms with Gasteiger partial charge >= 0.3 is 0 Å². The monoisotopic (exact) mass is 132 g/mol. The Hall–Kier alpha value is -1.53. The van der Waals surface area contributed by atoms with Crippen molar-refractivity contribution in [3.63, 3.8) is 0 Å². The second-order valence-corrected chi connectivity index (χ2v) is 0.949. The van der Waals surface area contributed by atoms with E-state index >= 15 is 0 Å². The van der Waals surface area contributed by atoms with Crippen LogP contribution in [0.25, 0.3) is 0 Å². The molecule has 0 atom stereocenters. The molecule has 7 nitrogen and oxygen atoms in total. The fourth-order valence-corrected chi connectivity index (χ4v) is 0.183. The van der Waals surface area contributed by atoms with Gasteiger partial charge in [-0.2, -0.15) is 5.11 Å². The summed E-state index contributed by atoms with van der Waals surface area (Å²) in [5.74, 6) is 0. The minimum atomic E-state index is -1.50. The molecule has 0 bridgehead atoms. The van der Waals surface area contributed by atoms with E-state index in [1.165, 1.54) is 0 Å². The van der Waals surface area contributed by atoms with E-state index in [0.29, 0.717) is 6.54 Å². The highest BCUT2D eigenvalue weighted by Crippen LogP contribution is 1.80. The van der Waals surface area contributed by atoms with Crippen molar-refractivity contribution in [3.05, 3.63) is 10.1 Å². The Balaban J connectivity index is 0.000000148. The van der Waals surface area contributed by atoms with E-state index in [4.69, 9.17) is 15.3 Å². The summed E-state index contributed by atoms with van der Waals surface area (Å²) < 4.78 is 0. The van der Waals surface area contributed by atoms with Crippen molar-refractivity contribution in [2.75, 3.05) is 6.54 Å². The van der Waals surface area contributed by atoms with Crippen molar-refractivity contribution in [1.29, 1.82) is 0 Å². The number of hydrogen-bond acceptors (Lipinski definition) is 5. The average molecular weight is 132 g/mol. The van der Waals surface area contributed by atoms with Crippen LogP contribution in [0.15, 0.2) is 15.4 Å². The topological polar surface area (TPSA) is 100 Å². The molecule has 0 radical (unpaired) electrons. The SMILES string of the molecule is C1=NN=NC1.O=[N+]([O-])O. The van der Waals surface area contributed by atoms with Gasteiger partial charge in [-0.15, -0.1) is 15.2 Å². The fourth-order valence-electron chi connectivity index (χ4n) is 0.183. The summed E-state index contributed by atoms with van der Waals surface area (Å²) in [7, 11) is 0. The standard InChI is InChI=1S/C2H3N3.HNO3/c1-2-4-5-3-1;2-1(3)4/h1H,2H2;(H,2,3,4). The number of nitrogens with zero attached hydrogens (tertiary/aromatic N) is 4. The quantitative estimate of drug-likeness (QED) is 0.373. The van der Waals surface area contributed by atoms with Gasteiger partial charge in [0.15, 0.2) is 0 Å². The maximum atomic E-state index is 8.36. The van der Waals surface area contributed by atoms with Gasteiger partial charge in [-0.25, -0.2) is 0 Å². The molecule has 0 spiro atoms. The maximum absolute atomic E-state index is 8.36. The van der Waals surface area contributed by atoms with Crippen LogP contribution in [0, 0.1) is 10.1 Å². The van der Waals surface area contributed by atoms with Crippen molar-refractivity contribution in [3.8, 4) is 0 Å². The second kappa shape index (κ2) is 4.62. The average Bonchev–Trinajstić information content (AvgIpc) is 2.11. The van der Waals surface area contributed by atoms with E-state index in [1.54, 1.807) is 6.21 Å². The molecule has 0 aliphatic carbocycles. The summed E-state index contributed by atoms with van der Waals surface area (Å²) in [5, 5.41) is 23.8. The normalized spacial score (nSPS) is 12.4. The van der Waals surface area contributed by atoms with Crippen LogP contribution < -0.4 is 0 Å². The van der Waals surface area contributed by atoms with Crippen LogP contribution in [0.2, 0.25) is 0 Å². The molecular weight excluding hydrogens is 128 g/mol. The molecule has 7 heteroatoms. The lowest BCUT2D eigenvalue weighted by atomic mass is 10.8. The van der Waals surface area contributed by atoms with Crippen LogP contribution in [-0.2, 0) is 0 Å². The lowest BCUT2D eigenvalue weighted by Crippen LogP contribution is -1.81. The van der Waals surface area contributed by atoms with Gasteiger partial charge in [0.25, 0.3) is 5.09 Å². The molecule has 0 amide bonds. The fraction of sp³-hybridized carbons (Fsp3) is 0.500. The summed E-state index contributed by atoms with van der Waals surface area (Å²) >= 11 is 0. The van der Waals surface area contributed by atoms with E-state index in [9.17, 15) is 0 Å². The lowest BCUT2D eigenvalue weighted by molar-refractivity contribution is -0.742. The first-order chi connectivity index (χ1) is 4.23. The van der Waals surface area contributed by atoms with Gasteiger partial charge in [-0.1, -0.05) is 0 Å². The van der Waals surface area contributed by atoms with Crippen LogP contribution in [0.5, 0.6) is 0 Å². The predicted octanol–water partition coefficient (Wildman–Crippen LogP) is 0.0903. The highest BCUT2D eigenvalue weighted by molar-refractivity contribution is 5.60. The second-order valence-electron chi connectivity index (χ2n) is 0.949. The zero-order valence-electron chi connectivity index (χ0n) is 4.34. The van der Waals surface area contributed by atoms with Gasteiger partial charge in [-0.3, -0.25) is 0 Å². The molecular formula is C2H4N4O3. The summed E-state index contributed by atoms with van der Waals surface area (Å²) in [5.41, 5.74) is 0. The highest BCUT2D eigenvalue weighted by Gasteiger charge is 1.75. The summed E-state index contributed by atoms with van der Waals surface area (Å²) in [6.45, 7) is 0.667. The molecule has 0 fully saturated rings. The van der Waals surface area contributed by atoms with Crippen LogP contribution >= 0.6 is 0 Å². The van der Waals surface area contributed by atoms with Crippen LogP contribution in [-0.4, -0.2) is 23.1 Å². The van der Waals surface area contributed by atoms with Crippen LogP contribution in [0.3, 0.4) is 0 Å². The third-order valence-electron chi connectivity index (χ3n) is 0.360. The van der Waals surface area contributed by atoms with Crippen LogP contribution in [0.4, 0.5) is 0 Å². The van der Waals surface area contributed by atoms with Gasteiger partial charge in [0.2, 0.25) is 0 Å². The Bertz CT molecular complexity index is 127. The van der Waals surface area contributed by atoms with Crippen molar-refractivity contribution in [2.24, 2.45) is 15.4 Å². The number of rotatable bonds is 0.